The number of hydrogen-bond donors (Lipinski definition) is 3. The van der Waals surface area contributed by atoms with Crippen LogP contribution < -0.4 is 16.0 Å². The molecule has 22 heavy (non-hydrogen) atoms. The summed E-state index contributed by atoms with van der Waals surface area (Å²) in [6, 6.07) is 6.75. The van der Waals surface area contributed by atoms with Gasteiger partial charge < -0.3 is 16.0 Å². The van der Waals surface area contributed by atoms with Crippen molar-refractivity contribution in [3.8, 4) is 0 Å². The molecule has 0 saturated heterocycles. The fourth-order valence-electron chi connectivity index (χ4n) is 2.29. The number of urea groups is 1. The third-order valence-electron chi connectivity index (χ3n) is 3.39. The highest BCUT2D eigenvalue weighted by Crippen LogP contribution is 2.21. The Kier molecular flexibility index (Phi) is 5.77. The summed E-state index contributed by atoms with van der Waals surface area (Å²) in [7, 11) is 0. The molecule has 0 heterocycles. The summed E-state index contributed by atoms with van der Waals surface area (Å²) in [4.78, 5) is 23.4. The monoisotopic (exact) mass is 299 g/mol. The number of carbonyl (C=O) groups is 2. The first-order valence-corrected chi connectivity index (χ1v) is 7.39. The van der Waals surface area contributed by atoms with Gasteiger partial charge in [0.05, 0.1) is 0 Å². The zero-order valence-electron chi connectivity index (χ0n) is 12.5. The van der Waals surface area contributed by atoms with Crippen LogP contribution in [0.25, 0.3) is 0 Å². The summed E-state index contributed by atoms with van der Waals surface area (Å²) in [5.74, 6) is 0.371. The number of carbonyl (C=O) groups excluding carboxylic acids is 2. The Morgan fingerprint density at radius 1 is 1.18 bits per heavy atom. The summed E-state index contributed by atoms with van der Waals surface area (Å²) in [5.41, 5.74) is 1.39. The fraction of sp³-hybridized carbons (Fsp3) is 0.294. The van der Waals surface area contributed by atoms with Crippen LogP contribution in [0.3, 0.4) is 0 Å². The van der Waals surface area contributed by atoms with Gasteiger partial charge in [-0.05, 0) is 43.0 Å². The van der Waals surface area contributed by atoms with Crippen molar-refractivity contribution in [3.63, 3.8) is 0 Å². The van der Waals surface area contributed by atoms with Crippen molar-refractivity contribution >= 4 is 23.3 Å². The normalized spacial score (nSPS) is 16.1. The van der Waals surface area contributed by atoms with Crippen LogP contribution in [0.2, 0.25) is 0 Å². The van der Waals surface area contributed by atoms with Gasteiger partial charge in [0.25, 0.3) is 0 Å². The highest BCUT2D eigenvalue weighted by Gasteiger charge is 2.13. The third kappa shape index (κ3) is 5.09. The lowest BCUT2D eigenvalue weighted by atomic mass is 10.1. The van der Waals surface area contributed by atoms with Crippen LogP contribution >= 0.6 is 0 Å². The Hall–Kier alpha value is -2.56. The topological polar surface area (TPSA) is 70.2 Å². The molecule has 0 aromatic heterocycles. The van der Waals surface area contributed by atoms with E-state index in [1.165, 1.54) is 0 Å². The first-order valence-electron chi connectivity index (χ1n) is 7.39. The van der Waals surface area contributed by atoms with Crippen molar-refractivity contribution in [1.82, 2.24) is 5.32 Å². The summed E-state index contributed by atoms with van der Waals surface area (Å²) >= 11 is 0. The van der Waals surface area contributed by atoms with Crippen LogP contribution in [-0.2, 0) is 4.79 Å². The largest absolute Gasteiger partial charge is 0.334 e. The quantitative estimate of drug-likeness (QED) is 0.705. The summed E-state index contributed by atoms with van der Waals surface area (Å²) < 4.78 is 0. The lowest BCUT2D eigenvalue weighted by molar-refractivity contribution is -0.116. The van der Waals surface area contributed by atoms with E-state index in [1.54, 1.807) is 30.3 Å². The van der Waals surface area contributed by atoms with Crippen molar-refractivity contribution < 1.29 is 9.59 Å². The molecular weight excluding hydrogens is 278 g/mol. The van der Waals surface area contributed by atoms with E-state index < -0.39 is 0 Å². The molecule has 5 heteroatoms. The van der Waals surface area contributed by atoms with Gasteiger partial charge in [0.2, 0.25) is 5.91 Å². The molecule has 0 radical (unpaired) electrons. The second kappa shape index (κ2) is 8.02. The third-order valence-corrected chi connectivity index (χ3v) is 3.39. The minimum Gasteiger partial charge on any atom is -0.334 e. The van der Waals surface area contributed by atoms with E-state index in [1.807, 2.05) is 0 Å². The van der Waals surface area contributed by atoms with Crippen LogP contribution in [0.1, 0.15) is 19.3 Å². The van der Waals surface area contributed by atoms with E-state index in [0.29, 0.717) is 24.6 Å². The number of hydrogen-bond acceptors (Lipinski definition) is 2. The lowest BCUT2D eigenvalue weighted by Crippen LogP contribution is -2.28. The maximum atomic E-state index is 11.9. The van der Waals surface area contributed by atoms with Gasteiger partial charge in [-0.2, -0.15) is 0 Å². The van der Waals surface area contributed by atoms with E-state index in [-0.39, 0.29) is 11.9 Å². The van der Waals surface area contributed by atoms with Crippen LogP contribution in [-0.4, -0.2) is 18.5 Å². The Morgan fingerprint density at radius 3 is 2.45 bits per heavy atom. The van der Waals surface area contributed by atoms with Crippen LogP contribution in [0.15, 0.2) is 49.1 Å². The zero-order valence-corrected chi connectivity index (χ0v) is 12.5. The van der Waals surface area contributed by atoms with Gasteiger partial charge >= 0.3 is 6.03 Å². The predicted molar refractivity (Wildman–Crippen MR) is 88.8 cm³/mol. The molecule has 2 rings (SSSR count). The van der Waals surface area contributed by atoms with E-state index in [4.69, 9.17) is 0 Å². The molecule has 0 bridgehead atoms. The van der Waals surface area contributed by atoms with Gasteiger partial charge in [0.15, 0.2) is 0 Å². The predicted octanol–water partition coefficient (Wildman–Crippen LogP) is 3.29. The number of benzene rings is 1. The van der Waals surface area contributed by atoms with Gasteiger partial charge in [-0.15, -0.1) is 6.58 Å². The summed E-state index contributed by atoms with van der Waals surface area (Å²) in [6.45, 7) is 3.94. The van der Waals surface area contributed by atoms with Crippen molar-refractivity contribution in [1.29, 1.82) is 0 Å². The second-order valence-electron chi connectivity index (χ2n) is 5.22. The molecule has 3 amide bonds. The van der Waals surface area contributed by atoms with Crippen molar-refractivity contribution in [3.05, 3.63) is 49.1 Å². The second-order valence-corrected chi connectivity index (χ2v) is 5.22. The minimum absolute atomic E-state index is 0.0148. The minimum atomic E-state index is -0.287. The average molecular weight is 299 g/mol. The molecule has 0 unspecified atom stereocenters. The van der Waals surface area contributed by atoms with Crippen LogP contribution in [0, 0.1) is 5.92 Å². The smallest absolute Gasteiger partial charge is 0.319 e. The Labute approximate surface area is 130 Å². The first kappa shape index (κ1) is 15.8. The highest BCUT2D eigenvalue weighted by molar-refractivity contribution is 5.92. The van der Waals surface area contributed by atoms with E-state index in [9.17, 15) is 9.59 Å². The van der Waals surface area contributed by atoms with Gasteiger partial charge in [-0.3, -0.25) is 4.79 Å². The van der Waals surface area contributed by atoms with E-state index >= 15 is 0 Å². The number of nitrogens with one attached hydrogen (secondary N) is 3. The maximum absolute atomic E-state index is 11.9. The van der Waals surface area contributed by atoms with Crippen LogP contribution in [0.5, 0.6) is 0 Å². The molecule has 1 aliphatic rings. The molecule has 0 spiro atoms. The Bertz CT molecular complexity index is 564. The van der Waals surface area contributed by atoms with Gasteiger partial charge in [-0.1, -0.05) is 18.2 Å². The molecule has 116 valence electrons. The molecule has 0 fully saturated rings. The van der Waals surface area contributed by atoms with Crippen molar-refractivity contribution in [2.45, 2.75) is 19.3 Å². The maximum Gasteiger partial charge on any atom is 0.319 e. The molecular formula is C17H21N3O2. The van der Waals surface area contributed by atoms with Crippen molar-refractivity contribution in [2.75, 3.05) is 17.2 Å². The fourth-order valence-corrected chi connectivity index (χ4v) is 2.29. The van der Waals surface area contributed by atoms with Gasteiger partial charge in [0, 0.05) is 24.3 Å². The molecule has 1 aliphatic carbocycles. The lowest BCUT2D eigenvalue weighted by Gasteiger charge is -2.10. The first-order chi connectivity index (χ1) is 10.7. The molecule has 0 aliphatic heterocycles. The Balaban J connectivity index is 1.80. The standard InChI is InChI=1S/C17H21N3O2/c1-2-11-18-17(22)20-15-9-7-14(8-10-15)19-16(21)12-13-5-3-4-6-13/h2-3,5,7-10,13H,1,4,6,11-12H2,(H,19,21)(H2,18,20,22)/t13-/m0/s1. The van der Waals surface area contributed by atoms with Gasteiger partial charge in [-0.25, -0.2) is 4.79 Å². The number of allylic oxidation sites excluding steroid dienone is 2. The molecule has 0 saturated carbocycles. The van der Waals surface area contributed by atoms with E-state index in [0.717, 1.165) is 18.5 Å². The van der Waals surface area contributed by atoms with Crippen LogP contribution in [0.4, 0.5) is 16.2 Å². The number of rotatable bonds is 6. The molecule has 1 atom stereocenters. The number of amides is 3. The SMILES string of the molecule is C=CCNC(=O)Nc1ccc(NC(=O)C[C@H]2C=CCC2)cc1. The van der Waals surface area contributed by atoms with E-state index in [2.05, 4.69) is 34.7 Å². The average Bonchev–Trinajstić information content (AvgIpc) is 3.00. The number of anilines is 2. The molecule has 3 N–H and O–H groups in total. The molecule has 1 aromatic carbocycles. The summed E-state index contributed by atoms with van der Waals surface area (Å²) in [5, 5.41) is 8.19. The molecule has 1 aromatic rings. The summed E-state index contributed by atoms with van der Waals surface area (Å²) in [6.07, 6.45) is 8.46. The highest BCUT2D eigenvalue weighted by atomic mass is 16.2. The Morgan fingerprint density at radius 2 is 1.86 bits per heavy atom. The zero-order chi connectivity index (χ0) is 15.8. The molecule has 5 nitrogen and oxygen atoms in total. The van der Waals surface area contributed by atoms with Crippen molar-refractivity contribution in [2.24, 2.45) is 5.92 Å². The van der Waals surface area contributed by atoms with Gasteiger partial charge in [0.1, 0.15) is 0 Å².